The van der Waals surface area contributed by atoms with Gasteiger partial charge in [-0.05, 0) is 63.8 Å². The molecule has 1 aliphatic rings. The normalized spacial score (nSPS) is 17.9. The van der Waals surface area contributed by atoms with Gasteiger partial charge in [-0.2, -0.15) is 0 Å². The summed E-state index contributed by atoms with van der Waals surface area (Å²) in [6.07, 6.45) is 0.724. The Balaban J connectivity index is 2.15. The first-order valence-corrected chi connectivity index (χ1v) is 10.7. The molecule has 1 heterocycles. The largest absolute Gasteiger partial charge is 0.453 e. The Bertz CT molecular complexity index is 735. The molecule has 8 heteroatoms. The van der Waals surface area contributed by atoms with Crippen LogP contribution in [-0.4, -0.2) is 56.0 Å². The Morgan fingerprint density at radius 2 is 2.07 bits per heavy atom. The van der Waals surface area contributed by atoms with Crippen molar-refractivity contribution in [3.63, 3.8) is 0 Å². The summed E-state index contributed by atoms with van der Waals surface area (Å²) in [7, 11) is 1.32. The first kappa shape index (κ1) is 24.3. The third kappa shape index (κ3) is 7.36. The number of aryl methyl sites for hydroxylation is 1. The number of piperidine rings is 1. The number of amides is 2. The number of likely N-dealkylation sites (tertiary alicyclic amines) is 1. The first-order valence-electron chi connectivity index (χ1n) is 10.3. The van der Waals surface area contributed by atoms with Crippen molar-refractivity contribution in [2.45, 2.75) is 52.2 Å². The van der Waals surface area contributed by atoms with Crippen molar-refractivity contribution in [1.29, 1.82) is 0 Å². The lowest BCUT2D eigenvalue weighted by molar-refractivity contribution is -0.0248. The van der Waals surface area contributed by atoms with Gasteiger partial charge < -0.3 is 24.4 Å². The summed E-state index contributed by atoms with van der Waals surface area (Å²) >= 11 is 6.26. The molecule has 0 radical (unpaired) electrons. The predicted octanol–water partition coefficient (Wildman–Crippen LogP) is 4.71. The monoisotopic (exact) mass is 440 g/mol. The number of hydrogen-bond acceptors (Lipinski definition) is 5. The number of benzene rings is 1. The lowest BCUT2D eigenvalue weighted by Crippen LogP contribution is -2.44. The van der Waals surface area contributed by atoms with Crippen molar-refractivity contribution in [1.82, 2.24) is 10.2 Å². The molecule has 1 aromatic rings. The molecule has 1 saturated heterocycles. The molecule has 0 spiro atoms. The molecule has 0 aliphatic carbocycles. The number of alkyl carbamates (subject to hydrolysis) is 1. The lowest BCUT2D eigenvalue weighted by atomic mass is 9.86. The molecule has 7 nitrogen and oxygen atoms in total. The van der Waals surface area contributed by atoms with Gasteiger partial charge in [0.1, 0.15) is 5.60 Å². The van der Waals surface area contributed by atoms with E-state index in [1.54, 1.807) is 4.90 Å². The van der Waals surface area contributed by atoms with Crippen LogP contribution in [0.3, 0.4) is 0 Å². The molecule has 0 aromatic heterocycles. The van der Waals surface area contributed by atoms with E-state index in [4.69, 9.17) is 21.1 Å². The van der Waals surface area contributed by atoms with Gasteiger partial charge in [-0.25, -0.2) is 9.59 Å². The van der Waals surface area contributed by atoms with Crippen LogP contribution in [0.25, 0.3) is 0 Å². The highest BCUT2D eigenvalue weighted by atomic mass is 35.5. The molecule has 30 heavy (non-hydrogen) atoms. The van der Waals surface area contributed by atoms with Crippen LogP contribution in [0.5, 0.6) is 0 Å². The van der Waals surface area contributed by atoms with E-state index < -0.39 is 11.7 Å². The van der Waals surface area contributed by atoms with Crippen LogP contribution in [0, 0.1) is 12.8 Å². The molecule has 2 atom stereocenters. The van der Waals surface area contributed by atoms with Crippen LogP contribution in [0.2, 0.25) is 5.02 Å². The fraction of sp³-hybridized carbons (Fsp3) is 0.636. The molecule has 1 unspecified atom stereocenters. The number of ether oxygens (including phenoxy) is 3. The first-order chi connectivity index (χ1) is 14.1. The van der Waals surface area contributed by atoms with E-state index in [1.165, 1.54) is 7.11 Å². The Morgan fingerprint density at radius 1 is 1.33 bits per heavy atom. The van der Waals surface area contributed by atoms with E-state index in [2.05, 4.69) is 10.1 Å². The summed E-state index contributed by atoms with van der Waals surface area (Å²) < 4.78 is 16.4. The Labute approximate surface area is 184 Å². The maximum absolute atomic E-state index is 12.6. The van der Waals surface area contributed by atoms with Gasteiger partial charge in [-0.3, -0.25) is 0 Å². The van der Waals surface area contributed by atoms with Crippen molar-refractivity contribution < 1.29 is 23.8 Å². The number of carbonyl (C=O) groups is 2. The van der Waals surface area contributed by atoms with Crippen LogP contribution < -0.4 is 5.32 Å². The Morgan fingerprint density at radius 3 is 2.73 bits per heavy atom. The molecule has 2 amide bonds. The molecular weight excluding hydrogens is 408 g/mol. The van der Waals surface area contributed by atoms with E-state index in [-0.39, 0.29) is 18.1 Å². The number of nitrogens with one attached hydrogen (secondary N) is 1. The standard InChI is InChI=1S/C22H33ClN2O5/c1-15-8-9-17(23)13-18(15)19(29-12-10-24-20(26)28-5)16-7-6-11-25(14-16)21(27)30-22(2,3)4/h8-9,13,16,19H,6-7,10-12,14H2,1-5H3,(H,24,26)/t16?,19-/m1/s1. The maximum Gasteiger partial charge on any atom is 0.410 e. The van der Waals surface area contributed by atoms with Crippen LogP contribution in [0.15, 0.2) is 18.2 Å². The fourth-order valence-corrected chi connectivity index (χ4v) is 3.74. The molecule has 1 aromatic carbocycles. The Hall–Kier alpha value is -1.99. The van der Waals surface area contributed by atoms with Gasteiger partial charge in [-0.1, -0.05) is 17.7 Å². The summed E-state index contributed by atoms with van der Waals surface area (Å²) in [5, 5.41) is 3.26. The fourth-order valence-electron chi connectivity index (χ4n) is 3.56. The molecule has 168 valence electrons. The second-order valence-electron chi connectivity index (χ2n) is 8.54. The van der Waals surface area contributed by atoms with Crippen LogP contribution in [-0.2, 0) is 14.2 Å². The minimum absolute atomic E-state index is 0.0848. The van der Waals surface area contributed by atoms with Crippen LogP contribution in [0.1, 0.15) is 50.8 Å². The van der Waals surface area contributed by atoms with Crippen molar-refractivity contribution >= 4 is 23.8 Å². The number of carbonyl (C=O) groups excluding carboxylic acids is 2. The van der Waals surface area contributed by atoms with Crippen LogP contribution in [0.4, 0.5) is 9.59 Å². The van der Waals surface area contributed by atoms with Gasteiger partial charge >= 0.3 is 12.2 Å². The average molecular weight is 441 g/mol. The topological polar surface area (TPSA) is 77.1 Å². The predicted molar refractivity (Wildman–Crippen MR) is 116 cm³/mol. The van der Waals surface area contributed by atoms with Gasteiger partial charge in [0.25, 0.3) is 0 Å². The summed E-state index contributed by atoms with van der Waals surface area (Å²) in [6.45, 7) is 9.45. The quantitative estimate of drug-likeness (QED) is 0.648. The van der Waals surface area contributed by atoms with E-state index in [9.17, 15) is 9.59 Å². The SMILES string of the molecule is COC(=O)NCCO[C@@H](c1cc(Cl)ccc1C)C1CCCN(C(=O)OC(C)(C)C)C1. The van der Waals surface area contributed by atoms with E-state index in [0.717, 1.165) is 24.0 Å². The maximum atomic E-state index is 12.6. The zero-order valence-corrected chi connectivity index (χ0v) is 19.3. The minimum Gasteiger partial charge on any atom is -0.453 e. The van der Waals surface area contributed by atoms with E-state index in [1.807, 2.05) is 45.9 Å². The molecule has 0 saturated carbocycles. The number of nitrogens with zero attached hydrogens (tertiary/aromatic N) is 1. The summed E-state index contributed by atoms with van der Waals surface area (Å²) in [5.41, 5.74) is 1.53. The van der Waals surface area contributed by atoms with Gasteiger partial charge in [0, 0.05) is 30.6 Å². The van der Waals surface area contributed by atoms with Gasteiger partial charge in [0.05, 0.1) is 19.8 Å². The third-order valence-corrected chi connectivity index (χ3v) is 5.17. The summed E-state index contributed by atoms with van der Waals surface area (Å²) in [5.74, 6) is 0.0848. The highest BCUT2D eigenvalue weighted by Gasteiger charge is 2.33. The molecule has 1 aliphatic heterocycles. The molecule has 2 rings (SSSR count). The zero-order chi connectivity index (χ0) is 22.3. The average Bonchev–Trinajstić information content (AvgIpc) is 2.68. The third-order valence-electron chi connectivity index (χ3n) is 4.94. The number of methoxy groups -OCH3 is 1. The smallest absolute Gasteiger partial charge is 0.410 e. The number of halogens is 1. The minimum atomic E-state index is -0.539. The Kier molecular flexibility index (Phi) is 8.79. The number of hydrogen-bond donors (Lipinski definition) is 1. The van der Waals surface area contributed by atoms with Gasteiger partial charge in [-0.15, -0.1) is 0 Å². The summed E-state index contributed by atoms with van der Waals surface area (Å²) in [4.78, 5) is 25.6. The molecule has 1 fully saturated rings. The highest BCUT2D eigenvalue weighted by Crippen LogP contribution is 2.36. The number of rotatable bonds is 6. The van der Waals surface area contributed by atoms with Crippen LogP contribution >= 0.6 is 11.6 Å². The van der Waals surface area contributed by atoms with Gasteiger partial charge in [0.2, 0.25) is 0 Å². The van der Waals surface area contributed by atoms with E-state index >= 15 is 0 Å². The second kappa shape index (κ2) is 10.9. The van der Waals surface area contributed by atoms with Crippen molar-refractivity contribution in [3.8, 4) is 0 Å². The van der Waals surface area contributed by atoms with Gasteiger partial charge in [0.15, 0.2) is 0 Å². The summed E-state index contributed by atoms with van der Waals surface area (Å²) in [6, 6.07) is 5.74. The molecule has 0 bridgehead atoms. The van der Waals surface area contributed by atoms with Crippen molar-refractivity contribution in [2.75, 3.05) is 33.4 Å². The molecule has 1 N–H and O–H groups in total. The van der Waals surface area contributed by atoms with E-state index in [0.29, 0.717) is 31.3 Å². The second-order valence-corrected chi connectivity index (χ2v) is 8.98. The highest BCUT2D eigenvalue weighted by molar-refractivity contribution is 6.30. The zero-order valence-electron chi connectivity index (χ0n) is 18.5. The van der Waals surface area contributed by atoms with Crippen molar-refractivity contribution in [3.05, 3.63) is 34.3 Å². The van der Waals surface area contributed by atoms with Crippen molar-refractivity contribution in [2.24, 2.45) is 5.92 Å². The molecular formula is C22H33ClN2O5. The lowest BCUT2D eigenvalue weighted by Gasteiger charge is -2.38.